The molecule has 104 valence electrons. The van der Waals surface area contributed by atoms with Crippen LogP contribution in [0.2, 0.25) is 0 Å². The van der Waals surface area contributed by atoms with E-state index in [-0.39, 0.29) is 17.6 Å². The average molecular weight is 271 g/mol. The number of hydrogen-bond acceptors (Lipinski definition) is 2. The molecule has 0 spiro atoms. The number of quaternary nitrogens is 1. The summed E-state index contributed by atoms with van der Waals surface area (Å²) in [4.78, 5) is 13.1. The summed E-state index contributed by atoms with van der Waals surface area (Å²) in [7, 11) is 0. The molecule has 1 aromatic carbocycles. The fourth-order valence-corrected chi connectivity index (χ4v) is 2.10. The summed E-state index contributed by atoms with van der Waals surface area (Å²) in [5, 5.41) is 2.32. The Morgan fingerprint density at radius 1 is 1.32 bits per heavy atom. The lowest BCUT2D eigenvalue weighted by molar-refractivity contribution is -0.921. The van der Waals surface area contributed by atoms with E-state index in [1.165, 1.54) is 6.07 Å². The second kappa shape index (κ2) is 6.08. The Morgan fingerprint density at radius 2 is 1.89 bits per heavy atom. The average Bonchev–Trinajstić information content (AvgIpc) is 2.43. The van der Waals surface area contributed by atoms with Crippen LogP contribution in [0.1, 0.15) is 6.92 Å². The fourth-order valence-electron chi connectivity index (χ4n) is 2.10. The van der Waals surface area contributed by atoms with E-state index in [0.29, 0.717) is 26.3 Å². The van der Waals surface area contributed by atoms with Crippen molar-refractivity contribution in [2.75, 3.05) is 31.6 Å². The summed E-state index contributed by atoms with van der Waals surface area (Å²) in [6.07, 6.45) is 0. The van der Waals surface area contributed by atoms with Crippen LogP contribution in [0, 0.1) is 11.6 Å². The molecular weight excluding hydrogens is 254 g/mol. The monoisotopic (exact) mass is 271 g/mol. The molecule has 0 aliphatic carbocycles. The highest BCUT2D eigenvalue weighted by molar-refractivity contribution is 5.93. The number of nitrogens with one attached hydrogen (secondary N) is 2. The number of para-hydroxylation sites is 1. The number of rotatable bonds is 3. The highest BCUT2D eigenvalue weighted by Gasteiger charge is 2.28. The summed E-state index contributed by atoms with van der Waals surface area (Å²) < 4.78 is 32.1. The quantitative estimate of drug-likeness (QED) is 0.825. The third-order valence-corrected chi connectivity index (χ3v) is 3.35. The standard InChI is InChI=1S/C13H16F2N2O2/c1-9(17-5-7-19-8-6-17)13(18)16-12-10(14)3-2-4-11(12)15/h2-4,9H,5-8H2,1H3,(H,16,18)/p+1/t9-/m0/s1. The summed E-state index contributed by atoms with van der Waals surface area (Å²) in [6.45, 7) is 4.37. The first-order valence-corrected chi connectivity index (χ1v) is 6.27. The number of halogens is 2. The maximum atomic E-state index is 13.4. The Hall–Kier alpha value is -1.53. The van der Waals surface area contributed by atoms with Crippen molar-refractivity contribution in [1.29, 1.82) is 0 Å². The molecule has 1 aromatic rings. The molecule has 1 amide bonds. The first-order chi connectivity index (χ1) is 9.09. The van der Waals surface area contributed by atoms with Gasteiger partial charge in [0.2, 0.25) is 0 Å². The Labute approximate surface area is 110 Å². The number of carbonyl (C=O) groups is 1. The van der Waals surface area contributed by atoms with Crippen molar-refractivity contribution in [2.45, 2.75) is 13.0 Å². The molecule has 0 aromatic heterocycles. The second-order valence-electron chi connectivity index (χ2n) is 4.58. The zero-order valence-electron chi connectivity index (χ0n) is 10.7. The lowest BCUT2D eigenvalue weighted by atomic mass is 10.2. The Morgan fingerprint density at radius 3 is 2.47 bits per heavy atom. The van der Waals surface area contributed by atoms with E-state index in [1.54, 1.807) is 6.92 Å². The molecule has 1 heterocycles. The predicted molar refractivity (Wildman–Crippen MR) is 66.0 cm³/mol. The molecule has 2 N–H and O–H groups in total. The molecule has 1 aliphatic heterocycles. The van der Waals surface area contributed by atoms with Gasteiger partial charge in [-0.25, -0.2) is 8.78 Å². The molecule has 1 fully saturated rings. The fraction of sp³-hybridized carbons (Fsp3) is 0.462. The Balaban J connectivity index is 2.04. The van der Waals surface area contributed by atoms with E-state index in [9.17, 15) is 13.6 Å². The molecule has 6 heteroatoms. The number of carbonyl (C=O) groups excluding carboxylic acids is 1. The molecule has 0 saturated carbocycles. The molecule has 1 aliphatic rings. The first kappa shape index (κ1) is 13.9. The van der Waals surface area contributed by atoms with Gasteiger partial charge >= 0.3 is 0 Å². The molecule has 1 saturated heterocycles. The normalized spacial score (nSPS) is 18.1. The van der Waals surface area contributed by atoms with Gasteiger partial charge in [-0.15, -0.1) is 0 Å². The molecule has 4 nitrogen and oxygen atoms in total. The summed E-state index contributed by atoms with van der Waals surface area (Å²) >= 11 is 0. The van der Waals surface area contributed by atoms with E-state index in [4.69, 9.17) is 4.74 Å². The first-order valence-electron chi connectivity index (χ1n) is 6.27. The van der Waals surface area contributed by atoms with Gasteiger partial charge in [0.25, 0.3) is 5.91 Å². The number of anilines is 1. The summed E-state index contributed by atoms with van der Waals surface area (Å²) in [5.41, 5.74) is -0.382. The predicted octanol–water partition coefficient (Wildman–Crippen LogP) is 0.207. The van der Waals surface area contributed by atoms with Crippen LogP contribution < -0.4 is 10.2 Å². The van der Waals surface area contributed by atoms with Crippen LogP contribution in [-0.4, -0.2) is 38.3 Å². The number of amides is 1. The minimum absolute atomic E-state index is 0.372. The maximum absolute atomic E-state index is 13.4. The van der Waals surface area contributed by atoms with Crippen molar-refractivity contribution < 1.29 is 23.2 Å². The molecule has 1 atom stereocenters. The maximum Gasteiger partial charge on any atom is 0.282 e. The molecule has 0 bridgehead atoms. The molecule has 2 rings (SSSR count). The Kier molecular flexibility index (Phi) is 4.44. The van der Waals surface area contributed by atoms with Crippen LogP contribution in [0.3, 0.4) is 0 Å². The van der Waals surface area contributed by atoms with Crippen molar-refractivity contribution in [3.05, 3.63) is 29.8 Å². The zero-order chi connectivity index (χ0) is 13.8. The van der Waals surface area contributed by atoms with Gasteiger partial charge in [0.05, 0.1) is 13.2 Å². The lowest BCUT2D eigenvalue weighted by Gasteiger charge is -2.28. The summed E-state index contributed by atoms with van der Waals surface area (Å²) in [5.74, 6) is -1.92. The van der Waals surface area contributed by atoms with Crippen molar-refractivity contribution in [3.8, 4) is 0 Å². The van der Waals surface area contributed by atoms with Gasteiger partial charge in [0, 0.05) is 0 Å². The third-order valence-electron chi connectivity index (χ3n) is 3.35. The van der Waals surface area contributed by atoms with Gasteiger partial charge < -0.3 is 15.0 Å². The van der Waals surface area contributed by atoms with E-state index in [1.807, 2.05) is 0 Å². The van der Waals surface area contributed by atoms with Gasteiger partial charge in [0.15, 0.2) is 6.04 Å². The number of ether oxygens (including phenoxy) is 1. The molecule has 0 radical (unpaired) electrons. The minimum Gasteiger partial charge on any atom is -0.370 e. The van der Waals surface area contributed by atoms with Crippen LogP contribution in [-0.2, 0) is 9.53 Å². The minimum atomic E-state index is -0.766. The number of benzene rings is 1. The van der Waals surface area contributed by atoms with E-state index >= 15 is 0 Å². The van der Waals surface area contributed by atoms with Gasteiger partial charge in [0.1, 0.15) is 30.4 Å². The third kappa shape index (κ3) is 3.27. The van der Waals surface area contributed by atoms with Crippen molar-refractivity contribution in [3.63, 3.8) is 0 Å². The largest absolute Gasteiger partial charge is 0.370 e. The molecule has 19 heavy (non-hydrogen) atoms. The van der Waals surface area contributed by atoms with Gasteiger partial charge in [-0.3, -0.25) is 4.79 Å². The van der Waals surface area contributed by atoms with Gasteiger partial charge in [-0.05, 0) is 19.1 Å². The highest BCUT2D eigenvalue weighted by Crippen LogP contribution is 2.17. The van der Waals surface area contributed by atoms with Crippen LogP contribution in [0.15, 0.2) is 18.2 Å². The SMILES string of the molecule is C[C@@H](C(=O)Nc1c(F)cccc1F)[NH+]1CCOCC1. The molecule has 0 unspecified atom stereocenters. The molecular formula is C13H17F2N2O2+. The second-order valence-corrected chi connectivity index (χ2v) is 4.58. The Bertz CT molecular complexity index is 442. The number of hydrogen-bond donors (Lipinski definition) is 2. The smallest absolute Gasteiger partial charge is 0.282 e. The number of morpholine rings is 1. The van der Waals surface area contributed by atoms with Crippen LogP contribution >= 0.6 is 0 Å². The van der Waals surface area contributed by atoms with E-state index < -0.39 is 11.6 Å². The van der Waals surface area contributed by atoms with E-state index in [0.717, 1.165) is 17.0 Å². The highest BCUT2D eigenvalue weighted by atomic mass is 19.1. The lowest BCUT2D eigenvalue weighted by Crippen LogP contribution is -3.18. The van der Waals surface area contributed by atoms with E-state index in [2.05, 4.69) is 5.32 Å². The zero-order valence-corrected chi connectivity index (χ0v) is 10.7. The van der Waals surface area contributed by atoms with Gasteiger partial charge in [-0.1, -0.05) is 6.07 Å². The van der Waals surface area contributed by atoms with Crippen LogP contribution in [0.5, 0.6) is 0 Å². The van der Waals surface area contributed by atoms with Gasteiger partial charge in [-0.2, -0.15) is 0 Å². The van der Waals surface area contributed by atoms with Crippen LogP contribution in [0.25, 0.3) is 0 Å². The van der Waals surface area contributed by atoms with Crippen molar-refractivity contribution in [1.82, 2.24) is 0 Å². The summed E-state index contributed by atoms with van der Waals surface area (Å²) in [6, 6.07) is 3.12. The van der Waals surface area contributed by atoms with Crippen molar-refractivity contribution in [2.24, 2.45) is 0 Å². The topological polar surface area (TPSA) is 42.8 Å². The van der Waals surface area contributed by atoms with Crippen molar-refractivity contribution >= 4 is 11.6 Å². The van der Waals surface area contributed by atoms with Crippen LogP contribution in [0.4, 0.5) is 14.5 Å².